The van der Waals surface area contributed by atoms with Crippen LogP contribution in [0.5, 0.6) is 5.88 Å². The number of unbranched alkanes of at least 4 members (excludes halogenated alkanes) is 2. The van der Waals surface area contributed by atoms with E-state index in [1.807, 2.05) is 6.07 Å². The molecule has 0 unspecified atom stereocenters. The third-order valence-electron chi connectivity index (χ3n) is 3.33. The van der Waals surface area contributed by atoms with Gasteiger partial charge in [-0.1, -0.05) is 31.9 Å². The van der Waals surface area contributed by atoms with Crippen molar-refractivity contribution in [2.24, 2.45) is 0 Å². The van der Waals surface area contributed by atoms with Crippen molar-refractivity contribution < 1.29 is 9.13 Å². The number of rotatable bonds is 7. The standard InChI is InChI=1S/C16H19FN4O/c1-2-3-4-9-21-15(19)14(10-18)16(20-21)22-11-12-5-7-13(17)8-6-12/h5-8H,2-4,9,11,19H2,1H3. The molecule has 0 radical (unpaired) electrons. The van der Waals surface area contributed by atoms with Crippen LogP contribution in [0.4, 0.5) is 10.2 Å². The molecule has 116 valence electrons. The van der Waals surface area contributed by atoms with Crippen molar-refractivity contribution in [3.05, 3.63) is 41.2 Å². The molecule has 1 aromatic heterocycles. The first-order chi connectivity index (χ1) is 10.7. The van der Waals surface area contributed by atoms with Gasteiger partial charge in [-0.3, -0.25) is 0 Å². The first-order valence-electron chi connectivity index (χ1n) is 7.29. The molecule has 6 heteroatoms. The highest BCUT2D eigenvalue weighted by Gasteiger charge is 2.16. The molecule has 0 saturated carbocycles. The minimum atomic E-state index is -0.300. The molecular formula is C16H19FN4O. The Morgan fingerprint density at radius 2 is 2.05 bits per heavy atom. The Kier molecular flexibility index (Phi) is 5.37. The third-order valence-corrected chi connectivity index (χ3v) is 3.33. The summed E-state index contributed by atoms with van der Waals surface area (Å²) < 4.78 is 20.0. The average Bonchev–Trinajstić information content (AvgIpc) is 2.82. The highest BCUT2D eigenvalue weighted by molar-refractivity contribution is 5.55. The van der Waals surface area contributed by atoms with E-state index in [1.165, 1.54) is 12.1 Å². The summed E-state index contributed by atoms with van der Waals surface area (Å²) in [5, 5.41) is 13.5. The lowest BCUT2D eigenvalue weighted by Crippen LogP contribution is -2.05. The fourth-order valence-corrected chi connectivity index (χ4v) is 2.07. The van der Waals surface area contributed by atoms with Gasteiger partial charge in [0.15, 0.2) is 5.56 Å². The van der Waals surface area contributed by atoms with Crippen LogP contribution in [0.2, 0.25) is 0 Å². The van der Waals surface area contributed by atoms with E-state index in [0.717, 1.165) is 24.8 Å². The van der Waals surface area contributed by atoms with Crippen molar-refractivity contribution >= 4 is 5.82 Å². The first-order valence-corrected chi connectivity index (χ1v) is 7.29. The largest absolute Gasteiger partial charge is 0.471 e. The lowest BCUT2D eigenvalue weighted by molar-refractivity contribution is 0.288. The molecule has 0 aliphatic carbocycles. The second-order valence-corrected chi connectivity index (χ2v) is 5.02. The number of ether oxygens (including phenoxy) is 1. The number of aromatic nitrogens is 2. The molecule has 0 fully saturated rings. The quantitative estimate of drug-likeness (QED) is 0.796. The lowest BCUT2D eigenvalue weighted by atomic mass is 10.2. The lowest BCUT2D eigenvalue weighted by Gasteiger charge is -2.03. The fourth-order valence-electron chi connectivity index (χ4n) is 2.07. The highest BCUT2D eigenvalue weighted by atomic mass is 19.1. The van der Waals surface area contributed by atoms with Crippen LogP contribution in [0, 0.1) is 17.1 Å². The maximum absolute atomic E-state index is 12.9. The Balaban J connectivity index is 2.08. The molecule has 2 rings (SSSR count). The zero-order valence-corrected chi connectivity index (χ0v) is 12.6. The first kappa shape index (κ1) is 15.8. The van der Waals surface area contributed by atoms with Crippen LogP contribution in [0.1, 0.15) is 37.3 Å². The van der Waals surface area contributed by atoms with Crippen molar-refractivity contribution in [2.75, 3.05) is 5.73 Å². The summed E-state index contributed by atoms with van der Waals surface area (Å²) in [5.41, 5.74) is 6.98. The maximum Gasteiger partial charge on any atom is 0.253 e. The molecule has 0 bridgehead atoms. The summed E-state index contributed by atoms with van der Waals surface area (Å²) in [6.07, 6.45) is 3.12. The summed E-state index contributed by atoms with van der Waals surface area (Å²) >= 11 is 0. The van der Waals surface area contributed by atoms with Gasteiger partial charge in [0.1, 0.15) is 24.3 Å². The van der Waals surface area contributed by atoms with Crippen LogP contribution >= 0.6 is 0 Å². The predicted octanol–water partition coefficient (Wildman–Crippen LogP) is 3.25. The smallest absolute Gasteiger partial charge is 0.253 e. The van der Waals surface area contributed by atoms with Crippen molar-refractivity contribution in [3.63, 3.8) is 0 Å². The number of hydrogen-bond donors (Lipinski definition) is 1. The predicted molar refractivity (Wildman–Crippen MR) is 81.6 cm³/mol. The van der Waals surface area contributed by atoms with Crippen molar-refractivity contribution in [1.29, 1.82) is 5.26 Å². The number of benzene rings is 1. The van der Waals surface area contributed by atoms with E-state index in [4.69, 9.17) is 10.5 Å². The van der Waals surface area contributed by atoms with Gasteiger partial charge >= 0.3 is 0 Å². The number of nitrogens with two attached hydrogens (primary N) is 1. The molecule has 1 heterocycles. The van der Waals surface area contributed by atoms with Crippen molar-refractivity contribution in [1.82, 2.24) is 9.78 Å². The van der Waals surface area contributed by atoms with Crippen LogP contribution in [-0.4, -0.2) is 9.78 Å². The monoisotopic (exact) mass is 302 g/mol. The molecule has 2 aromatic rings. The molecule has 0 aliphatic heterocycles. The van der Waals surface area contributed by atoms with E-state index >= 15 is 0 Å². The third kappa shape index (κ3) is 3.76. The van der Waals surface area contributed by atoms with E-state index < -0.39 is 0 Å². The highest BCUT2D eigenvalue weighted by Crippen LogP contribution is 2.24. The van der Waals surface area contributed by atoms with Crippen LogP contribution < -0.4 is 10.5 Å². The van der Waals surface area contributed by atoms with Gasteiger partial charge in [0, 0.05) is 6.54 Å². The van der Waals surface area contributed by atoms with Gasteiger partial charge in [-0.2, -0.15) is 5.26 Å². The summed E-state index contributed by atoms with van der Waals surface area (Å²) in [4.78, 5) is 0. The molecule has 0 amide bonds. The van der Waals surface area contributed by atoms with Gasteiger partial charge in [-0.25, -0.2) is 9.07 Å². The van der Waals surface area contributed by atoms with Gasteiger partial charge in [0.2, 0.25) is 0 Å². The molecule has 1 aromatic carbocycles. The van der Waals surface area contributed by atoms with Gasteiger partial charge in [-0.15, -0.1) is 5.10 Å². The number of hydrogen-bond acceptors (Lipinski definition) is 4. The fraction of sp³-hybridized carbons (Fsp3) is 0.375. The van der Waals surface area contributed by atoms with Gasteiger partial charge in [-0.05, 0) is 24.1 Å². The number of anilines is 1. The second kappa shape index (κ2) is 7.46. The maximum atomic E-state index is 12.9. The van der Waals surface area contributed by atoms with Crippen LogP contribution in [0.3, 0.4) is 0 Å². The Hall–Kier alpha value is -2.55. The van der Waals surface area contributed by atoms with Crippen molar-refractivity contribution in [3.8, 4) is 11.9 Å². The number of nitrogens with zero attached hydrogens (tertiary/aromatic N) is 3. The Morgan fingerprint density at radius 3 is 2.68 bits per heavy atom. The molecule has 22 heavy (non-hydrogen) atoms. The average molecular weight is 302 g/mol. The topological polar surface area (TPSA) is 76.9 Å². The van der Waals surface area contributed by atoms with E-state index in [0.29, 0.717) is 12.4 Å². The SMILES string of the molecule is CCCCCn1nc(OCc2ccc(F)cc2)c(C#N)c1N. The van der Waals surface area contributed by atoms with Crippen molar-refractivity contribution in [2.45, 2.75) is 39.3 Å². The molecular weight excluding hydrogens is 283 g/mol. The minimum Gasteiger partial charge on any atom is -0.471 e. The molecule has 5 nitrogen and oxygen atoms in total. The number of aryl methyl sites for hydroxylation is 1. The summed E-state index contributed by atoms with van der Waals surface area (Å²) in [6.45, 7) is 2.99. The zero-order valence-electron chi connectivity index (χ0n) is 12.6. The summed E-state index contributed by atoms with van der Waals surface area (Å²) in [5.74, 6) is 0.249. The van der Waals surface area contributed by atoms with Crippen LogP contribution in [-0.2, 0) is 13.2 Å². The minimum absolute atomic E-state index is 0.209. The van der Waals surface area contributed by atoms with Gasteiger partial charge < -0.3 is 10.5 Å². The Bertz CT molecular complexity index is 658. The van der Waals surface area contributed by atoms with E-state index in [-0.39, 0.29) is 23.9 Å². The molecule has 0 aliphatic rings. The van der Waals surface area contributed by atoms with Crippen LogP contribution in [0.15, 0.2) is 24.3 Å². The number of nitrogen functional groups attached to an aromatic ring is 1. The molecule has 0 saturated heterocycles. The molecule has 0 spiro atoms. The number of nitriles is 1. The van der Waals surface area contributed by atoms with E-state index in [1.54, 1.807) is 16.8 Å². The number of halogens is 1. The second-order valence-electron chi connectivity index (χ2n) is 5.02. The summed E-state index contributed by atoms with van der Waals surface area (Å²) in [6, 6.07) is 8.01. The van der Waals surface area contributed by atoms with Gasteiger partial charge in [0.05, 0.1) is 0 Å². The zero-order chi connectivity index (χ0) is 15.9. The summed E-state index contributed by atoms with van der Waals surface area (Å²) in [7, 11) is 0. The van der Waals surface area contributed by atoms with E-state index in [9.17, 15) is 9.65 Å². The van der Waals surface area contributed by atoms with Crippen LogP contribution in [0.25, 0.3) is 0 Å². The Labute approximate surface area is 129 Å². The molecule has 0 atom stereocenters. The normalized spacial score (nSPS) is 10.4. The Morgan fingerprint density at radius 1 is 1.32 bits per heavy atom. The molecule has 2 N–H and O–H groups in total. The van der Waals surface area contributed by atoms with Gasteiger partial charge in [0.25, 0.3) is 5.88 Å². The van der Waals surface area contributed by atoms with E-state index in [2.05, 4.69) is 12.0 Å².